The Morgan fingerprint density at radius 1 is 1.29 bits per heavy atom. The minimum atomic E-state index is 0.656. The van der Waals surface area contributed by atoms with Crippen molar-refractivity contribution in [3.8, 4) is 0 Å². The number of aromatic nitrogens is 4. The van der Waals surface area contributed by atoms with Gasteiger partial charge in [0.25, 0.3) is 0 Å². The molecule has 0 aromatic carbocycles. The molecule has 0 spiro atoms. The molecule has 6 nitrogen and oxygen atoms in total. The lowest BCUT2D eigenvalue weighted by Crippen LogP contribution is -2.38. The Kier molecular flexibility index (Phi) is 5.19. The van der Waals surface area contributed by atoms with Crippen LogP contribution in [-0.2, 0) is 13.1 Å². The van der Waals surface area contributed by atoms with E-state index in [4.69, 9.17) is 0 Å². The van der Waals surface area contributed by atoms with Crippen molar-refractivity contribution in [3.05, 3.63) is 5.82 Å². The number of nitrogens with one attached hydrogen (secondary N) is 1. The summed E-state index contributed by atoms with van der Waals surface area (Å²) in [6.45, 7) is 7.56. The van der Waals surface area contributed by atoms with Crippen molar-refractivity contribution >= 4 is 0 Å². The summed E-state index contributed by atoms with van der Waals surface area (Å²) in [5.74, 6) is 1.94. The van der Waals surface area contributed by atoms with Gasteiger partial charge in [-0.25, -0.2) is 4.68 Å². The fourth-order valence-electron chi connectivity index (χ4n) is 3.11. The highest BCUT2D eigenvalue weighted by Crippen LogP contribution is 2.30. The van der Waals surface area contributed by atoms with Gasteiger partial charge in [-0.2, -0.15) is 0 Å². The average molecular weight is 292 g/mol. The molecule has 3 rings (SSSR count). The van der Waals surface area contributed by atoms with E-state index in [0.717, 1.165) is 37.8 Å². The average Bonchev–Trinajstić information content (AvgIpc) is 2.97. The minimum absolute atomic E-state index is 0.656. The van der Waals surface area contributed by atoms with Gasteiger partial charge >= 0.3 is 0 Å². The van der Waals surface area contributed by atoms with Crippen molar-refractivity contribution in [1.82, 2.24) is 30.4 Å². The molecule has 6 heteroatoms. The van der Waals surface area contributed by atoms with Crippen molar-refractivity contribution in [2.45, 2.75) is 64.6 Å². The van der Waals surface area contributed by atoms with Crippen LogP contribution >= 0.6 is 0 Å². The first-order valence-electron chi connectivity index (χ1n) is 8.56. The van der Waals surface area contributed by atoms with Gasteiger partial charge in [0.15, 0.2) is 5.82 Å². The summed E-state index contributed by atoms with van der Waals surface area (Å²) in [5, 5.41) is 15.9. The van der Waals surface area contributed by atoms with Crippen molar-refractivity contribution in [1.29, 1.82) is 0 Å². The van der Waals surface area contributed by atoms with E-state index in [1.807, 2.05) is 4.68 Å². The molecule has 0 bridgehead atoms. The fourth-order valence-corrected chi connectivity index (χ4v) is 3.11. The molecule has 1 atom stereocenters. The number of hydrogen-bond donors (Lipinski definition) is 1. The molecular formula is C15H28N6. The predicted octanol–water partition coefficient (Wildman–Crippen LogP) is 1.44. The lowest BCUT2D eigenvalue weighted by atomic mass is 10.2. The summed E-state index contributed by atoms with van der Waals surface area (Å²) in [7, 11) is 0. The Morgan fingerprint density at radius 3 is 2.90 bits per heavy atom. The van der Waals surface area contributed by atoms with Gasteiger partial charge in [-0.1, -0.05) is 13.3 Å². The van der Waals surface area contributed by atoms with E-state index in [1.165, 1.54) is 45.2 Å². The van der Waals surface area contributed by atoms with E-state index in [9.17, 15) is 0 Å². The Balaban J connectivity index is 1.58. The molecule has 21 heavy (non-hydrogen) atoms. The largest absolute Gasteiger partial charge is 0.313 e. The molecule has 2 aliphatic rings. The van der Waals surface area contributed by atoms with Crippen LogP contribution in [0.2, 0.25) is 0 Å². The zero-order valence-corrected chi connectivity index (χ0v) is 13.2. The normalized spacial score (nSPS) is 22.3. The topological polar surface area (TPSA) is 58.9 Å². The first-order chi connectivity index (χ1) is 10.3. The van der Waals surface area contributed by atoms with E-state index < -0.39 is 0 Å². The van der Waals surface area contributed by atoms with Gasteiger partial charge in [-0.05, 0) is 55.0 Å². The van der Waals surface area contributed by atoms with Crippen molar-refractivity contribution in [2.75, 3.05) is 19.6 Å². The standard InChI is InChI=1S/C15H28N6/c1-2-3-9-21-15(17-18-19-21)12-20(10-13-6-7-13)11-14-5-4-8-16-14/h13-14,16H,2-12H2,1H3. The van der Waals surface area contributed by atoms with Crippen LogP contribution in [0.1, 0.15) is 51.3 Å². The number of rotatable bonds is 9. The lowest BCUT2D eigenvalue weighted by molar-refractivity contribution is 0.222. The van der Waals surface area contributed by atoms with Gasteiger partial charge in [-0.3, -0.25) is 4.90 Å². The van der Waals surface area contributed by atoms with Crippen LogP contribution in [0.5, 0.6) is 0 Å². The van der Waals surface area contributed by atoms with E-state index in [0.29, 0.717) is 6.04 Å². The van der Waals surface area contributed by atoms with Gasteiger partial charge in [0.2, 0.25) is 0 Å². The number of hydrogen-bond acceptors (Lipinski definition) is 5. The smallest absolute Gasteiger partial charge is 0.165 e. The molecule has 0 radical (unpaired) electrons. The second kappa shape index (κ2) is 7.31. The Bertz CT molecular complexity index is 422. The van der Waals surface area contributed by atoms with E-state index in [-0.39, 0.29) is 0 Å². The highest BCUT2D eigenvalue weighted by molar-refractivity contribution is 4.87. The first-order valence-corrected chi connectivity index (χ1v) is 8.56. The zero-order valence-electron chi connectivity index (χ0n) is 13.2. The van der Waals surface area contributed by atoms with E-state index >= 15 is 0 Å². The SMILES string of the molecule is CCCCn1nnnc1CN(CC1CC1)CC1CCCN1. The van der Waals surface area contributed by atoms with Gasteiger partial charge in [-0.15, -0.1) is 5.10 Å². The molecule has 1 saturated heterocycles. The van der Waals surface area contributed by atoms with Crippen molar-refractivity contribution in [3.63, 3.8) is 0 Å². The van der Waals surface area contributed by atoms with Crippen molar-refractivity contribution < 1.29 is 0 Å². The predicted molar refractivity (Wildman–Crippen MR) is 81.8 cm³/mol. The molecule has 1 unspecified atom stereocenters. The molecule has 1 aliphatic heterocycles. The zero-order chi connectivity index (χ0) is 14.5. The Hall–Kier alpha value is -1.01. The van der Waals surface area contributed by atoms with Crippen LogP contribution in [0.4, 0.5) is 0 Å². The molecule has 118 valence electrons. The van der Waals surface area contributed by atoms with E-state index in [2.05, 4.69) is 32.7 Å². The molecule has 2 fully saturated rings. The number of tetrazole rings is 1. The van der Waals surface area contributed by atoms with E-state index in [1.54, 1.807) is 0 Å². The van der Waals surface area contributed by atoms with Crippen LogP contribution in [0.15, 0.2) is 0 Å². The van der Waals surface area contributed by atoms with Gasteiger partial charge in [0.1, 0.15) is 0 Å². The molecule has 0 amide bonds. The van der Waals surface area contributed by atoms with Crippen LogP contribution in [0.25, 0.3) is 0 Å². The quantitative estimate of drug-likeness (QED) is 0.746. The Morgan fingerprint density at radius 2 is 2.19 bits per heavy atom. The number of nitrogens with zero attached hydrogens (tertiary/aromatic N) is 5. The summed E-state index contributed by atoms with van der Waals surface area (Å²) in [4.78, 5) is 2.56. The fraction of sp³-hybridized carbons (Fsp3) is 0.933. The second-order valence-corrected chi connectivity index (χ2v) is 6.60. The molecular weight excluding hydrogens is 264 g/mol. The summed E-state index contributed by atoms with van der Waals surface area (Å²) in [5.41, 5.74) is 0. The maximum atomic E-state index is 4.25. The molecule has 2 heterocycles. The maximum Gasteiger partial charge on any atom is 0.165 e. The Labute approximate surface area is 127 Å². The third kappa shape index (κ3) is 4.48. The molecule has 1 saturated carbocycles. The molecule has 1 aromatic rings. The number of unbranched alkanes of at least 4 members (excludes halogenated alkanes) is 1. The lowest BCUT2D eigenvalue weighted by Gasteiger charge is -2.25. The highest BCUT2D eigenvalue weighted by Gasteiger charge is 2.27. The van der Waals surface area contributed by atoms with Gasteiger partial charge < -0.3 is 5.32 Å². The van der Waals surface area contributed by atoms with Crippen molar-refractivity contribution in [2.24, 2.45) is 5.92 Å². The summed E-state index contributed by atoms with van der Waals surface area (Å²) >= 11 is 0. The molecule has 1 aromatic heterocycles. The minimum Gasteiger partial charge on any atom is -0.313 e. The maximum absolute atomic E-state index is 4.25. The third-order valence-electron chi connectivity index (χ3n) is 4.55. The second-order valence-electron chi connectivity index (χ2n) is 6.60. The summed E-state index contributed by atoms with van der Waals surface area (Å²) < 4.78 is 1.99. The summed E-state index contributed by atoms with van der Waals surface area (Å²) in [6.07, 6.45) is 7.74. The van der Waals surface area contributed by atoms with Crippen LogP contribution in [0, 0.1) is 5.92 Å². The molecule has 1 N–H and O–H groups in total. The van der Waals surface area contributed by atoms with Crippen LogP contribution in [-0.4, -0.2) is 50.8 Å². The monoisotopic (exact) mass is 292 g/mol. The third-order valence-corrected chi connectivity index (χ3v) is 4.55. The summed E-state index contributed by atoms with van der Waals surface area (Å²) in [6, 6.07) is 0.656. The van der Waals surface area contributed by atoms with Gasteiger partial charge in [0.05, 0.1) is 6.54 Å². The molecule has 1 aliphatic carbocycles. The van der Waals surface area contributed by atoms with Crippen LogP contribution < -0.4 is 5.32 Å². The highest BCUT2D eigenvalue weighted by atomic mass is 15.5. The van der Waals surface area contributed by atoms with Crippen LogP contribution in [0.3, 0.4) is 0 Å². The number of aryl methyl sites for hydroxylation is 1. The van der Waals surface area contributed by atoms with Gasteiger partial charge in [0, 0.05) is 25.7 Å². The first kappa shape index (κ1) is 14.9.